The first-order chi connectivity index (χ1) is 10.1. The molecule has 0 aromatic carbocycles. The van der Waals surface area contributed by atoms with Gasteiger partial charge in [-0.25, -0.2) is 0 Å². The largest absolute Gasteiger partial charge is 0.310 e. The van der Waals surface area contributed by atoms with Gasteiger partial charge in [-0.3, -0.25) is 19.4 Å². The van der Waals surface area contributed by atoms with E-state index in [1.54, 1.807) is 11.8 Å². The maximum Gasteiger partial charge on any atom is 0.270 e. The number of fused-ring (bicyclic) bond motifs is 1. The minimum Gasteiger partial charge on any atom is -0.310 e. The van der Waals surface area contributed by atoms with Crippen LogP contribution in [0, 0.1) is 5.92 Å². The first-order valence-electron chi connectivity index (χ1n) is 7.83. The smallest absolute Gasteiger partial charge is 0.270 e. The van der Waals surface area contributed by atoms with Gasteiger partial charge in [-0.2, -0.15) is 0 Å². The van der Waals surface area contributed by atoms with Gasteiger partial charge in [0.1, 0.15) is 5.82 Å². The highest BCUT2D eigenvalue weighted by Crippen LogP contribution is 2.41. The van der Waals surface area contributed by atoms with Crippen LogP contribution in [0.4, 0.5) is 5.82 Å². The molecular formula is C15H23N3O2S. The van der Waals surface area contributed by atoms with Crippen molar-refractivity contribution in [1.29, 1.82) is 0 Å². The monoisotopic (exact) mass is 309 g/mol. The fourth-order valence-electron chi connectivity index (χ4n) is 3.41. The molecule has 2 heterocycles. The van der Waals surface area contributed by atoms with Gasteiger partial charge in [0.25, 0.3) is 5.56 Å². The van der Waals surface area contributed by atoms with Gasteiger partial charge in [-0.1, -0.05) is 33.1 Å². The van der Waals surface area contributed by atoms with E-state index in [1.165, 1.54) is 19.3 Å². The molecule has 1 aliphatic heterocycles. The number of carbonyl (C=O) groups is 1. The van der Waals surface area contributed by atoms with Gasteiger partial charge < -0.3 is 5.32 Å². The maximum atomic E-state index is 12.5. The number of amides is 1. The summed E-state index contributed by atoms with van der Waals surface area (Å²) in [6.07, 6.45) is 5.80. The van der Waals surface area contributed by atoms with E-state index in [4.69, 9.17) is 0 Å². The van der Waals surface area contributed by atoms with Crippen LogP contribution in [0.3, 0.4) is 0 Å². The van der Waals surface area contributed by atoms with Crippen LogP contribution >= 0.6 is 11.8 Å². The zero-order chi connectivity index (χ0) is 15.0. The van der Waals surface area contributed by atoms with E-state index in [2.05, 4.69) is 24.3 Å². The van der Waals surface area contributed by atoms with Crippen molar-refractivity contribution in [3.05, 3.63) is 15.9 Å². The van der Waals surface area contributed by atoms with Crippen LogP contribution < -0.4 is 10.9 Å². The van der Waals surface area contributed by atoms with Crippen molar-refractivity contribution in [2.24, 2.45) is 5.92 Å². The average molecular weight is 309 g/mol. The molecule has 6 heteroatoms. The van der Waals surface area contributed by atoms with E-state index in [-0.39, 0.29) is 16.7 Å². The third kappa shape index (κ3) is 2.78. The standard InChI is InChI=1S/C15H23N3O2S/c1-9(2)13-12-14(16-11(19)8-21-13)18(17-15(12)20)10-6-4-3-5-7-10/h9-10,13H,3-8H2,1-2H3,(H,16,19)(H,17,20)/t13-/m1/s1. The molecule has 3 rings (SSSR count). The number of aromatic amines is 1. The Bertz CT molecular complexity index is 584. The van der Waals surface area contributed by atoms with Crippen molar-refractivity contribution in [3.8, 4) is 0 Å². The van der Waals surface area contributed by atoms with E-state index in [0.29, 0.717) is 17.7 Å². The molecule has 0 unspecified atom stereocenters. The number of hydrogen-bond donors (Lipinski definition) is 2. The van der Waals surface area contributed by atoms with Crippen molar-refractivity contribution in [2.45, 2.75) is 57.2 Å². The van der Waals surface area contributed by atoms with Crippen molar-refractivity contribution in [1.82, 2.24) is 9.78 Å². The number of aromatic nitrogens is 2. The summed E-state index contributed by atoms with van der Waals surface area (Å²) in [5.74, 6) is 1.46. The number of carbonyl (C=O) groups excluding carboxylic acids is 1. The normalized spacial score (nSPS) is 23.8. The molecule has 0 saturated heterocycles. The lowest BCUT2D eigenvalue weighted by Gasteiger charge is -2.25. The van der Waals surface area contributed by atoms with Crippen molar-refractivity contribution in [3.63, 3.8) is 0 Å². The summed E-state index contributed by atoms with van der Waals surface area (Å²) in [6.45, 7) is 4.21. The number of nitrogens with zero attached hydrogens (tertiary/aromatic N) is 1. The highest BCUT2D eigenvalue weighted by Gasteiger charge is 2.32. The summed E-state index contributed by atoms with van der Waals surface area (Å²) in [6, 6.07) is 0.311. The van der Waals surface area contributed by atoms with Crippen LogP contribution in [0.2, 0.25) is 0 Å². The quantitative estimate of drug-likeness (QED) is 0.882. The van der Waals surface area contributed by atoms with Crippen molar-refractivity contribution >= 4 is 23.5 Å². The third-order valence-electron chi connectivity index (χ3n) is 4.44. The van der Waals surface area contributed by atoms with Gasteiger partial charge >= 0.3 is 0 Å². The van der Waals surface area contributed by atoms with E-state index in [0.717, 1.165) is 24.2 Å². The summed E-state index contributed by atoms with van der Waals surface area (Å²) in [5.41, 5.74) is 0.718. The second-order valence-corrected chi connectivity index (χ2v) is 7.52. The van der Waals surface area contributed by atoms with Gasteiger partial charge in [0.15, 0.2) is 0 Å². The van der Waals surface area contributed by atoms with Crippen LogP contribution in [-0.4, -0.2) is 21.4 Å². The minimum absolute atomic E-state index is 0.00652. The van der Waals surface area contributed by atoms with Gasteiger partial charge in [-0.05, 0) is 18.8 Å². The van der Waals surface area contributed by atoms with E-state index >= 15 is 0 Å². The number of rotatable bonds is 2. The van der Waals surface area contributed by atoms with Crippen LogP contribution in [0.25, 0.3) is 0 Å². The molecule has 0 radical (unpaired) electrons. The highest BCUT2D eigenvalue weighted by molar-refractivity contribution is 8.00. The summed E-state index contributed by atoms with van der Waals surface area (Å²) in [5, 5.41) is 6.03. The molecule has 21 heavy (non-hydrogen) atoms. The first-order valence-corrected chi connectivity index (χ1v) is 8.88. The SMILES string of the molecule is CC(C)[C@H]1SCC(=O)Nc2c1c(=O)[nH]n2C1CCCCC1. The lowest BCUT2D eigenvalue weighted by molar-refractivity contribution is -0.113. The molecule has 2 aliphatic rings. The Kier molecular flexibility index (Phi) is 4.15. The van der Waals surface area contributed by atoms with Crippen LogP contribution in [0.15, 0.2) is 4.79 Å². The second-order valence-electron chi connectivity index (χ2n) is 6.39. The van der Waals surface area contributed by atoms with Crippen molar-refractivity contribution in [2.75, 3.05) is 11.1 Å². The maximum absolute atomic E-state index is 12.5. The predicted octanol–water partition coefficient (Wildman–Crippen LogP) is 3.06. The number of thioether (sulfide) groups is 1. The lowest BCUT2D eigenvalue weighted by atomic mass is 9.95. The van der Waals surface area contributed by atoms with Crippen molar-refractivity contribution < 1.29 is 4.79 Å². The molecule has 1 aromatic rings. The summed E-state index contributed by atoms with van der Waals surface area (Å²) >= 11 is 1.57. The first kappa shape index (κ1) is 14.8. The van der Waals surface area contributed by atoms with E-state index in [1.807, 2.05) is 4.68 Å². The number of H-pyrrole nitrogens is 1. The third-order valence-corrected chi connectivity index (χ3v) is 6.01. The molecule has 0 bridgehead atoms. The Morgan fingerprint density at radius 1 is 1.19 bits per heavy atom. The number of nitrogens with one attached hydrogen (secondary N) is 2. The molecule has 1 atom stereocenters. The molecule has 2 N–H and O–H groups in total. The molecule has 116 valence electrons. The molecule has 1 saturated carbocycles. The molecule has 1 aliphatic carbocycles. The second kappa shape index (κ2) is 5.91. The molecular weight excluding hydrogens is 286 g/mol. The zero-order valence-corrected chi connectivity index (χ0v) is 13.5. The number of anilines is 1. The lowest BCUT2D eigenvalue weighted by Crippen LogP contribution is -2.21. The fourth-order valence-corrected chi connectivity index (χ4v) is 4.58. The average Bonchev–Trinajstić information content (AvgIpc) is 2.67. The molecule has 1 aromatic heterocycles. The van der Waals surface area contributed by atoms with Crippen LogP contribution in [-0.2, 0) is 4.79 Å². The Labute approximate surface area is 128 Å². The fraction of sp³-hybridized carbons (Fsp3) is 0.733. The van der Waals surface area contributed by atoms with Gasteiger partial charge in [-0.15, -0.1) is 11.8 Å². The Morgan fingerprint density at radius 3 is 2.57 bits per heavy atom. The molecule has 1 fully saturated rings. The predicted molar refractivity (Wildman–Crippen MR) is 85.8 cm³/mol. The Morgan fingerprint density at radius 2 is 1.90 bits per heavy atom. The van der Waals surface area contributed by atoms with E-state index in [9.17, 15) is 9.59 Å². The zero-order valence-electron chi connectivity index (χ0n) is 12.6. The Hall–Kier alpha value is -1.17. The van der Waals surface area contributed by atoms with Crippen LogP contribution in [0.1, 0.15) is 62.8 Å². The minimum atomic E-state index is -0.0380. The van der Waals surface area contributed by atoms with E-state index < -0.39 is 0 Å². The van der Waals surface area contributed by atoms with Gasteiger partial charge in [0.05, 0.1) is 17.4 Å². The highest BCUT2D eigenvalue weighted by atomic mass is 32.2. The summed E-state index contributed by atoms with van der Waals surface area (Å²) < 4.78 is 1.94. The van der Waals surface area contributed by atoms with Gasteiger partial charge in [0.2, 0.25) is 5.91 Å². The van der Waals surface area contributed by atoms with Gasteiger partial charge in [0, 0.05) is 5.25 Å². The molecule has 0 spiro atoms. The summed E-state index contributed by atoms with van der Waals surface area (Å²) in [7, 11) is 0. The number of hydrogen-bond acceptors (Lipinski definition) is 3. The topological polar surface area (TPSA) is 66.9 Å². The molecule has 5 nitrogen and oxygen atoms in total. The van der Waals surface area contributed by atoms with Crippen LogP contribution in [0.5, 0.6) is 0 Å². The Balaban J connectivity index is 2.06. The summed E-state index contributed by atoms with van der Waals surface area (Å²) in [4.78, 5) is 24.5. The molecule has 1 amide bonds.